The number of aromatic carboxylic acids is 1. The summed E-state index contributed by atoms with van der Waals surface area (Å²) in [5, 5.41) is 13.0. The zero-order valence-electron chi connectivity index (χ0n) is 67.0. The highest BCUT2D eigenvalue weighted by Gasteiger charge is 2.39. The van der Waals surface area contributed by atoms with E-state index in [0.717, 1.165) is 38.4 Å². The predicted molar refractivity (Wildman–Crippen MR) is 438 cm³/mol. The summed E-state index contributed by atoms with van der Waals surface area (Å²) >= 11 is 8.15. The number of nitrogens with one attached hydrogen (secondary N) is 1. The average molecular weight is 1650 g/mol. The highest BCUT2D eigenvalue weighted by atomic mass is 79.9. The number of esters is 3. The predicted octanol–water partition coefficient (Wildman–Crippen LogP) is 14.0. The van der Waals surface area contributed by atoms with Gasteiger partial charge in [0.2, 0.25) is 29.5 Å². The van der Waals surface area contributed by atoms with Gasteiger partial charge < -0.3 is 63.3 Å². The van der Waals surface area contributed by atoms with Gasteiger partial charge in [0.25, 0.3) is 0 Å². The summed E-state index contributed by atoms with van der Waals surface area (Å²) in [6, 6.07) is 7.03. The lowest BCUT2D eigenvalue weighted by Crippen LogP contribution is -2.49. The summed E-state index contributed by atoms with van der Waals surface area (Å²) in [6.07, 6.45) is 6.99. The quantitative estimate of drug-likeness (QED) is 0.0485. The van der Waals surface area contributed by atoms with Crippen LogP contribution in [0.4, 0.5) is 17.1 Å². The molecule has 0 radical (unpaired) electrons. The zero-order valence-corrected chi connectivity index (χ0v) is 71.9. The van der Waals surface area contributed by atoms with Gasteiger partial charge in [-0.1, -0.05) is 84.5 Å². The Labute approximate surface area is 673 Å². The Morgan fingerprint density at radius 2 is 0.809 bits per heavy atom. The van der Waals surface area contributed by atoms with Gasteiger partial charge in [0.1, 0.15) is 32.6 Å². The van der Waals surface area contributed by atoms with E-state index >= 15 is 0 Å². The van der Waals surface area contributed by atoms with Crippen molar-refractivity contribution in [2.45, 2.75) is 136 Å². The molecule has 4 atom stereocenters. The molecule has 2 unspecified atom stereocenters. The number of carbonyl (C=O) groups excluding carboxylic acids is 8. The molecular formula is C83H107BrN6O16S4. The minimum Gasteiger partial charge on any atom is -0.477 e. The minimum atomic E-state index is -1.13. The molecule has 3 fully saturated rings. The highest BCUT2D eigenvalue weighted by molar-refractivity contribution is 9.10. The van der Waals surface area contributed by atoms with Crippen LogP contribution in [0.15, 0.2) is 52.0 Å². The van der Waals surface area contributed by atoms with Crippen LogP contribution in [0, 0.1) is 92.7 Å². The molecule has 5 amide bonds. The van der Waals surface area contributed by atoms with Crippen molar-refractivity contribution in [1.82, 2.24) is 14.7 Å². The number of halogens is 1. The Morgan fingerprint density at radius 1 is 0.491 bits per heavy atom. The molecular weight excluding hydrogens is 1550 g/mol. The number of nitrogens with zero attached hydrogens (tertiary/aromatic N) is 5. The van der Waals surface area contributed by atoms with Crippen LogP contribution in [0.3, 0.4) is 0 Å². The Hall–Kier alpha value is -8.09. The maximum atomic E-state index is 13.9. The molecule has 0 saturated carbocycles. The number of thiophene rings is 4. The summed E-state index contributed by atoms with van der Waals surface area (Å²) in [7, 11) is 4.02. The van der Waals surface area contributed by atoms with Crippen molar-refractivity contribution in [3.05, 3.63) is 91.1 Å². The smallest absolute Gasteiger partial charge is 0.350 e. The molecule has 0 spiro atoms. The summed E-state index contributed by atoms with van der Waals surface area (Å²) in [5.74, 6) is 21.3. The van der Waals surface area contributed by atoms with Crippen molar-refractivity contribution in [1.29, 1.82) is 0 Å². The summed E-state index contributed by atoms with van der Waals surface area (Å²) < 4.78 is 31.2. The standard InChI is InChI=1S/C27H36N2O5S.C26H34N2O5S.C18H24N2O4S.C12H13BrO2S/c1-18-7-8-21(19(2)15-18)25(31)29(17-23(30)28-11-13-34-14-12-28)22-16-20(9-10-27(3,4)5)35-24(22)26(32)33-6;1-17-6-7-20(18(2)14-17)24(30)28(16-22(29)27-10-12-33-13-11-27)21-15-19(8-9-26(3,4)5)34-23(21)25(31)32;1-18(2,3)6-5-13-11-14(16(25-13)17(22)23-4)19-12-15(21)20-7-9-24-10-8-20;1-12(2,3)6-5-8-7-9(13)10(16-8)11(14)15-4/h7,16,19,21H,8,11-15,17H2,1-6H3;6,15,18,20H,7,10-14,16H2,1-5H3,(H,31,32);11,19H,7-10,12H2,1-4H3;7H,1-4H3/t19-,21?;18-,20?;;/m00../s1. The van der Waals surface area contributed by atoms with Crippen LogP contribution in [0.25, 0.3) is 0 Å². The minimum absolute atomic E-state index is 0.0207. The number of carboxylic acids is 1. The summed E-state index contributed by atoms with van der Waals surface area (Å²) in [4.78, 5) is 127. The van der Waals surface area contributed by atoms with Gasteiger partial charge in [-0.15, -0.1) is 45.3 Å². The van der Waals surface area contributed by atoms with Gasteiger partial charge in [-0.2, -0.15) is 0 Å². The van der Waals surface area contributed by atoms with Crippen molar-refractivity contribution in [2.24, 2.45) is 45.3 Å². The fourth-order valence-corrected chi connectivity index (χ4v) is 15.9. The number of hydrogen-bond acceptors (Lipinski definition) is 20. The third-order valence-electron chi connectivity index (χ3n) is 17.4. The average Bonchev–Trinajstić information content (AvgIpc) is 1.57. The van der Waals surface area contributed by atoms with Crippen molar-refractivity contribution < 1.29 is 76.7 Å². The fraction of sp³-hybridized carbons (Fsp3) is 0.554. The first kappa shape index (κ1) is 90.8. The zero-order chi connectivity index (χ0) is 81.6. The topological polar surface area (TPSA) is 257 Å². The largest absolute Gasteiger partial charge is 0.477 e. The van der Waals surface area contributed by atoms with E-state index in [4.69, 9.17) is 23.7 Å². The van der Waals surface area contributed by atoms with E-state index in [9.17, 15) is 48.3 Å². The molecule has 3 saturated heterocycles. The molecule has 4 aromatic heterocycles. The maximum absolute atomic E-state index is 13.9. The van der Waals surface area contributed by atoms with Gasteiger partial charge in [0.15, 0.2) is 0 Å². The Bertz CT molecular complexity index is 4300. The van der Waals surface area contributed by atoms with Crippen LogP contribution in [-0.2, 0) is 52.4 Å². The number of amides is 5. The van der Waals surface area contributed by atoms with Crippen LogP contribution in [-0.4, -0.2) is 193 Å². The first-order valence-corrected chi connectivity index (χ1v) is 40.7. The van der Waals surface area contributed by atoms with E-state index in [0.29, 0.717) is 123 Å². The van der Waals surface area contributed by atoms with Gasteiger partial charge >= 0.3 is 23.9 Å². The molecule has 5 aliphatic rings. The number of anilines is 3. The molecule has 2 aliphatic carbocycles. The lowest BCUT2D eigenvalue weighted by molar-refractivity contribution is -0.136. The fourth-order valence-electron chi connectivity index (χ4n) is 11.6. The molecule has 596 valence electrons. The van der Waals surface area contributed by atoms with E-state index in [-0.39, 0.29) is 116 Å². The van der Waals surface area contributed by atoms with Crippen LogP contribution < -0.4 is 15.1 Å². The van der Waals surface area contributed by atoms with Crippen molar-refractivity contribution in [3.63, 3.8) is 0 Å². The second-order valence-corrected chi connectivity index (χ2v) is 36.5. The normalized spacial score (nSPS) is 17.7. The number of rotatable bonds is 15. The van der Waals surface area contributed by atoms with Gasteiger partial charge in [0.05, 0.1) is 104 Å². The van der Waals surface area contributed by atoms with E-state index in [1.807, 2.05) is 96.1 Å². The van der Waals surface area contributed by atoms with Crippen molar-refractivity contribution in [2.75, 3.05) is 135 Å². The number of methoxy groups -OCH3 is 3. The second kappa shape index (κ2) is 41.4. The van der Waals surface area contributed by atoms with Gasteiger partial charge in [-0.05, 0) is 175 Å². The number of carboxylic acid groups (broad SMARTS) is 1. The van der Waals surface area contributed by atoms with E-state index in [2.05, 4.69) is 106 Å². The van der Waals surface area contributed by atoms with Gasteiger partial charge in [-0.3, -0.25) is 24.0 Å². The Kier molecular flexibility index (Phi) is 34.2. The molecule has 7 heterocycles. The Balaban J connectivity index is 0.000000237. The van der Waals surface area contributed by atoms with Crippen molar-refractivity contribution >= 4 is 132 Å². The Morgan fingerprint density at radius 3 is 1.17 bits per heavy atom. The molecule has 27 heteroatoms. The number of allylic oxidation sites excluding steroid dienone is 4. The summed E-state index contributed by atoms with van der Waals surface area (Å²) in [6.45, 7) is 38.2. The first-order chi connectivity index (χ1) is 51.6. The molecule has 0 bridgehead atoms. The maximum Gasteiger partial charge on any atom is 0.350 e. The number of morpholine rings is 3. The van der Waals surface area contributed by atoms with Crippen LogP contribution >= 0.6 is 61.3 Å². The van der Waals surface area contributed by atoms with Gasteiger partial charge in [0, 0.05) is 77.2 Å². The number of ether oxygens (including phenoxy) is 6. The first-order valence-electron chi connectivity index (χ1n) is 36.7. The number of carbonyl (C=O) groups is 9. The highest BCUT2D eigenvalue weighted by Crippen LogP contribution is 2.39. The number of hydrogen-bond donors (Lipinski definition) is 2. The lowest BCUT2D eigenvalue weighted by Gasteiger charge is -2.34. The van der Waals surface area contributed by atoms with E-state index in [1.165, 1.54) is 76.3 Å². The second-order valence-electron chi connectivity index (χ2n) is 31.4. The third kappa shape index (κ3) is 28.6. The van der Waals surface area contributed by atoms with Gasteiger partial charge in [-0.25, -0.2) is 19.2 Å². The van der Waals surface area contributed by atoms with Crippen LogP contribution in [0.1, 0.15) is 195 Å². The molecule has 2 N–H and O–H groups in total. The van der Waals surface area contributed by atoms with Crippen LogP contribution in [0.5, 0.6) is 0 Å². The molecule has 0 aromatic carbocycles. The summed E-state index contributed by atoms with van der Waals surface area (Å²) in [5.41, 5.74) is 3.09. The molecule has 4 aromatic rings. The monoisotopic (exact) mass is 1650 g/mol. The van der Waals surface area contributed by atoms with E-state index in [1.54, 1.807) is 32.9 Å². The lowest BCUT2D eigenvalue weighted by atomic mass is 9.80. The molecule has 22 nitrogen and oxygen atoms in total. The molecule has 9 rings (SSSR count). The molecule has 3 aliphatic heterocycles. The van der Waals surface area contributed by atoms with Crippen LogP contribution in [0.2, 0.25) is 0 Å². The third-order valence-corrected chi connectivity index (χ3v) is 22.3. The van der Waals surface area contributed by atoms with E-state index < -0.39 is 17.9 Å². The van der Waals surface area contributed by atoms with Crippen molar-refractivity contribution in [3.8, 4) is 47.4 Å². The SMILES string of the molecule is CC1=CCC(C(=O)N(CC(=O)N2CCOCC2)c2cc(C#CC(C)(C)C)sc2C(=O)O)[C@@H](C)C1.COC(=O)c1sc(C#CC(C)(C)C)cc1Br.COC(=O)c1sc(C#CC(C)(C)C)cc1N(CC(=O)N1CCOCC1)C(=O)C1CC=C(C)C[C@@H]1C.COC(=O)c1sc(C#CC(C)(C)C)cc1NCC(=O)N1CCOCC1. The molecule has 110 heavy (non-hydrogen) atoms.